The topological polar surface area (TPSA) is 122 Å². The first-order valence-corrected chi connectivity index (χ1v) is 11.4. The van der Waals surface area contributed by atoms with Crippen LogP contribution in [0.4, 0.5) is 13.2 Å². The van der Waals surface area contributed by atoms with Gasteiger partial charge in [-0.1, -0.05) is 38.7 Å². The number of hydrogen-bond donors (Lipinski definition) is 4. The summed E-state index contributed by atoms with van der Waals surface area (Å²) in [5, 5.41) is 9.40. The standard InChI is InChI=1S/C19H31F3NO6P/c1-2-3-4-5-6-11-28-17-8-7-15(12-16(17)19(20,21)22)9-10-18(23,13-24)14-29-30(25,26)27/h7-8,12,24H,2-6,9-11,13-14,23H2,1H3,(H2,25,26,27). The van der Waals surface area contributed by atoms with Crippen LogP contribution in [0.2, 0.25) is 0 Å². The summed E-state index contributed by atoms with van der Waals surface area (Å²) in [5.74, 6) is -0.243. The van der Waals surface area contributed by atoms with Crippen LogP contribution in [0.1, 0.15) is 56.6 Å². The van der Waals surface area contributed by atoms with E-state index < -0.39 is 38.3 Å². The van der Waals surface area contributed by atoms with E-state index in [1.165, 1.54) is 12.1 Å². The van der Waals surface area contributed by atoms with Gasteiger partial charge < -0.3 is 25.4 Å². The third kappa shape index (κ3) is 10.2. The van der Waals surface area contributed by atoms with Crippen molar-refractivity contribution in [2.24, 2.45) is 5.73 Å². The molecule has 0 aliphatic heterocycles. The van der Waals surface area contributed by atoms with Crippen LogP contribution < -0.4 is 10.5 Å². The van der Waals surface area contributed by atoms with Crippen molar-refractivity contribution in [1.29, 1.82) is 0 Å². The Morgan fingerprint density at radius 1 is 1.13 bits per heavy atom. The maximum Gasteiger partial charge on any atom is 0.469 e. The molecule has 0 bridgehead atoms. The molecule has 1 rings (SSSR count). The van der Waals surface area contributed by atoms with Crippen LogP contribution in [-0.4, -0.2) is 40.3 Å². The Kier molecular flexibility index (Phi) is 10.8. The average Bonchev–Trinajstić information content (AvgIpc) is 2.66. The number of halogens is 3. The summed E-state index contributed by atoms with van der Waals surface area (Å²) in [6.07, 6.45) is 0.135. The predicted octanol–water partition coefficient (Wildman–Crippen LogP) is 3.79. The van der Waals surface area contributed by atoms with Gasteiger partial charge in [0, 0.05) is 0 Å². The first-order chi connectivity index (χ1) is 13.9. The van der Waals surface area contributed by atoms with Crippen LogP contribution in [0.3, 0.4) is 0 Å². The summed E-state index contributed by atoms with van der Waals surface area (Å²) < 4.78 is 60.8. The Hall–Kier alpha value is -1.16. The molecule has 0 aliphatic rings. The minimum atomic E-state index is -4.78. The summed E-state index contributed by atoms with van der Waals surface area (Å²) in [5.41, 5.74) is 3.76. The number of phosphoric ester groups is 1. The smallest absolute Gasteiger partial charge is 0.469 e. The number of alkyl halides is 3. The van der Waals surface area contributed by atoms with E-state index in [2.05, 4.69) is 11.4 Å². The van der Waals surface area contributed by atoms with Crippen LogP contribution >= 0.6 is 7.82 Å². The second-order valence-corrected chi connectivity index (χ2v) is 8.61. The fourth-order valence-electron chi connectivity index (χ4n) is 2.77. The van der Waals surface area contributed by atoms with Crippen molar-refractivity contribution in [2.75, 3.05) is 19.8 Å². The van der Waals surface area contributed by atoms with Gasteiger partial charge in [-0.3, -0.25) is 4.52 Å². The second kappa shape index (κ2) is 12.0. The van der Waals surface area contributed by atoms with Gasteiger partial charge in [-0.05, 0) is 37.0 Å². The van der Waals surface area contributed by atoms with Crippen molar-refractivity contribution in [3.8, 4) is 5.75 Å². The molecule has 30 heavy (non-hydrogen) atoms. The summed E-state index contributed by atoms with van der Waals surface area (Å²) in [7, 11) is -4.78. The van der Waals surface area contributed by atoms with Gasteiger partial charge in [-0.15, -0.1) is 0 Å². The molecule has 5 N–H and O–H groups in total. The molecule has 0 saturated heterocycles. The number of ether oxygens (including phenoxy) is 1. The molecule has 11 heteroatoms. The Balaban J connectivity index is 2.78. The molecule has 1 unspecified atom stereocenters. The highest BCUT2D eigenvalue weighted by atomic mass is 31.2. The lowest BCUT2D eigenvalue weighted by Crippen LogP contribution is -2.48. The number of nitrogens with two attached hydrogens (primary N) is 1. The monoisotopic (exact) mass is 457 g/mol. The van der Waals surface area contributed by atoms with Crippen molar-refractivity contribution < 1.29 is 41.9 Å². The number of benzene rings is 1. The summed E-state index contributed by atoms with van der Waals surface area (Å²) in [4.78, 5) is 17.5. The van der Waals surface area contributed by atoms with Crippen molar-refractivity contribution in [2.45, 2.75) is 63.6 Å². The maximum absolute atomic E-state index is 13.4. The highest BCUT2D eigenvalue weighted by molar-refractivity contribution is 7.46. The molecule has 0 aliphatic carbocycles. The molecule has 174 valence electrons. The van der Waals surface area contributed by atoms with Gasteiger partial charge in [0.05, 0.1) is 30.9 Å². The first-order valence-electron chi connectivity index (χ1n) is 9.83. The number of phosphoric acid groups is 1. The van der Waals surface area contributed by atoms with Gasteiger partial charge in [-0.25, -0.2) is 4.57 Å². The van der Waals surface area contributed by atoms with E-state index in [1.54, 1.807) is 0 Å². The molecule has 0 amide bonds. The summed E-state index contributed by atoms with van der Waals surface area (Å²) >= 11 is 0. The lowest BCUT2D eigenvalue weighted by atomic mass is 9.93. The molecular formula is C19H31F3NO6P. The van der Waals surface area contributed by atoms with Crippen LogP contribution in [0.25, 0.3) is 0 Å². The minimum absolute atomic E-state index is 0.0432. The van der Waals surface area contributed by atoms with Crippen molar-refractivity contribution in [1.82, 2.24) is 0 Å². The van der Waals surface area contributed by atoms with E-state index in [1.807, 2.05) is 0 Å². The van der Waals surface area contributed by atoms with Gasteiger partial charge in [0.2, 0.25) is 0 Å². The molecule has 0 aromatic heterocycles. The first kappa shape index (κ1) is 26.9. The predicted molar refractivity (Wildman–Crippen MR) is 106 cm³/mol. The molecule has 0 saturated carbocycles. The number of hydrogen-bond acceptors (Lipinski definition) is 5. The number of aliphatic hydroxyl groups is 1. The number of aryl methyl sites for hydroxylation is 1. The van der Waals surface area contributed by atoms with Crippen LogP contribution in [0.15, 0.2) is 18.2 Å². The second-order valence-electron chi connectivity index (χ2n) is 7.38. The van der Waals surface area contributed by atoms with Crippen molar-refractivity contribution in [3.05, 3.63) is 29.3 Å². The quantitative estimate of drug-likeness (QED) is 0.248. The Labute approximate surface area is 174 Å². The largest absolute Gasteiger partial charge is 0.493 e. The molecular weight excluding hydrogens is 426 g/mol. The van der Waals surface area contributed by atoms with E-state index in [0.717, 1.165) is 31.7 Å². The Morgan fingerprint density at radius 2 is 1.80 bits per heavy atom. The fourth-order valence-corrected chi connectivity index (χ4v) is 3.20. The van der Waals surface area contributed by atoms with Crippen LogP contribution in [0.5, 0.6) is 5.75 Å². The van der Waals surface area contributed by atoms with E-state index in [0.29, 0.717) is 12.0 Å². The number of aliphatic hydroxyl groups excluding tert-OH is 1. The SMILES string of the molecule is CCCCCCCOc1ccc(CCC(N)(CO)COP(=O)(O)O)cc1C(F)(F)F. The zero-order chi connectivity index (χ0) is 22.8. The zero-order valence-corrected chi connectivity index (χ0v) is 17.9. The molecule has 0 spiro atoms. The Bertz CT molecular complexity index is 697. The van der Waals surface area contributed by atoms with E-state index in [4.69, 9.17) is 20.3 Å². The molecule has 0 heterocycles. The third-order valence-electron chi connectivity index (χ3n) is 4.60. The highest BCUT2D eigenvalue weighted by Gasteiger charge is 2.35. The molecule has 1 aromatic rings. The zero-order valence-electron chi connectivity index (χ0n) is 17.0. The normalized spacial score (nSPS) is 14.5. The van der Waals surface area contributed by atoms with Crippen LogP contribution in [0, 0.1) is 0 Å². The third-order valence-corrected chi connectivity index (χ3v) is 5.07. The lowest BCUT2D eigenvalue weighted by molar-refractivity contribution is -0.139. The van der Waals surface area contributed by atoms with E-state index >= 15 is 0 Å². The van der Waals surface area contributed by atoms with Gasteiger partial charge >= 0.3 is 14.0 Å². The maximum atomic E-state index is 13.4. The van der Waals surface area contributed by atoms with E-state index in [9.17, 15) is 22.8 Å². The average molecular weight is 457 g/mol. The highest BCUT2D eigenvalue weighted by Crippen LogP contribution is 2.38. The van der Waals surface area contributed by atoms with Crippen molar-refractivity contribution >= 4 is 7.82 Å². The minimum Gasteiger partial charge on any atom is -0.493 e. The molecule has 0 radical (unpaired) electrons. The summed E-state index contributed by atoms with van der Waals surface area (Å²) in [6.45, 7) is 0.980. The molecule has 0 fully saturated rings. The van der Waals surface area contributed by atoms with E-state index in [-0.39, 0.29) is 25.2 Å². The van der Waals surface area contributed by atoms with Crippen LogP contribution in [-0.2, 0) is 21.7 Å². The Morgan fingerprint density at radius 3 is 2.37 bits per heavy atom. The molecule has 1 aromatic carbocycles. The summed E-state index contributed by atoms with van der Waals surface area (Å²) in [6, 6.07) is 3.70. The molecule has 1 atom stereocenters. The molecule has 7 nitrogen and oxygen atoms in total. The van der Waals surface area contributed by atoms with Gasteiger partial charge in [-0.2, -0.15) is 13.2 Å². The van der Waals surface area contributed by atoms with Crippen molar-refractivity contribution in [3.63, 3.8) is 0 Å². The van der Waals surface area contributed by atoms with Gasteiger partial charge in [0.25, 0.3) is 0 Å². The van der Waals surface area contributed by atoms with Gasteiger partial charge in [0.1, 0.15) is 5.75 Å². The van der Waals surface area contributed by atoms with Gasteiger partial charge in [0.15, 0.2) is 0 Å². The number of unbranched alkanes of at least 4 members (excludes halogenated alkanes) is 4. The lowest BCUT2D eigenvalue weighted by Gasteiger charge is -2.27. The number of rotatable bonds is 14. The fraction of sp³-hybridized carbons (Fsp3) is 0.684.